The first-order valence-electron chi connectivity index (χ1n) is 6.35. The van der Waals surface area contributed by atoms with Gasteiger partial charge in [0.25, 0.3) is 0 Å². The first kappa shape index (κ1) is 11.7. The number of benzene rings is 2. The van der Waals surface area contributed by atoms with E-state index in [9.17, 15) is 0 Å². The average molecular weight is 255 g/mol. The second kappa shape index (κ2) is 4.72. The molecule has 1 heterocycles. The van der Waals surface area contributed by atoms with E-state index in [1.165, 1.54) is 5.56 Å². The second-order valence-corrected chi connectivity index (χ2v) is 4.69. The Morgan fingerprint density at radius 2 is 1.84 bits per heavy atom. The molecule has 0 bridgehead atoms. The first-order valence-corrected chi connectivity index (χ1v) is 6.35. The Morgan fingerprint density at radius 1 is 1.00 bits per heavy atom. The Labute approximate surface area is 112 Å². The molecule has 4 N–H and O–H groups in total. The normalized spacial score (nSPS) is 14.4. The molecule has 0 saturated heterocycles. The summed E-state index contributed by atoms with van der Waals surface area (Å²) >= 11 is 0. The van der Waals surface area contributed by atoms with E-state index in [4.69, 9.17) is 16.2 Å². The zero-order valence-electron chi connectivity index (χ0n) is 10.7. The summed E-state index contributed by atoms with van der Waals surface area (Å²) in [5, 5.41) is 0. The molecule has 1 aliphatic rings. The zero-order chi connectivity index (χ0) is 13.2. The fraction of sp³-hybridized carbons (Fsp3) is 0.200. The van der Waals surface area contributed by atoms with Gasteiger partial charge in [-0.1, -0.05) is 18.2 Å². The van der Waals surface area contributed by atoms with Crippen LogP contribution in [0.2, 0.25) is 0 Å². The smallest absolute Gasteiger partial charge is 0.124 e. The Kier molecular flexibility index (Phi) is 2.91. The lowest BCUT2D eigenvalue weighted by Crippen LogP contribution is -2.25. The standard InChI is InChI=1S/C15H17N3O/c16-13-6-5-12(9-14(13)17)18-7-8-19-15-4-2-1-3-11(15)10-18/h1-6,9H,7-8,10,16-17H2. The van der Waals surface area contributed by atoms with Crippen molar-refractivity contribution in [2.75, 3.05) is 29.5 Å². The third-order valence-electron chi connectivity index (χ3n) is 3.39. The number of hydrogen-bond acceptors (Lipinski definition) is 4. The molecule has 0 unspecified atom stereocenters. The highest BCUT2D eigenvalue weighted by Gasteiger charge is 2.15. The van der Waals surface area contributed by atoms with E-state index in [0.717, 1.165) is 24.5 Å². The highest BCUT2D eigenvalue weighted by atomic mass is 16.5. The molecule has 0 saturated carbocycles. The lowest BCUT2D eigenvalue weighted by Gasteiger charge is -2.22. The number of rotatable bonds is 1. The topological polar surface area (TPSA) is 64.5 Å². The maximum absolute atomic E-state index is 5.88. The molecule has 3 rings (SSSR count). The van der Waals surface area contributed by atoms with Gasteiger partial charge in [-0.15, -0.1) is 0 Å². The number of nitrogen functional groups attached to an aromatic ring is 2. The molecule has 4 nitrogen and oxygen atoms in total. The molecule has 0 atom stereocenters. The number of fused-ring (bicyclic) bond motifs is 1. The van der Waals surface area contributed by atoms with E-state index in [1.807, 2.05) is 36.4 Å². The molecule has 98 valence electrons. The summed E-state index contributed by atoms with van der Waals surface area (Å²) in [5.74, 6) is 0.966. The van der Waals surface area contributed by atoms with Crippen molar-refractivity contribution in [1.82, 2.24) is 0 Å². The molecule has 19 heavy (non-hydrogen) atoms. The van der Waals surface area contributed by atoms with Gasteiger partial charge in [0.1, 0.15) is 12.4 Å². The highest BCUT2D eigenvalue weighted by Crippen LogP contribution is 2.28. The molecule has 4 heteroatoms. The van der Waals surface area contributed by atoms with Crippen LogP contribution < -0.4 is 21.1 Å². The van der Waals surface area contributed by atoms with E-state index in [1.54, 1.807) is 0 Å². The maximum Gasteiger partial charge on any atom is 0.124 e. The summed E-state index contributed by atoms with van der Waals surface area (Å²) in [7, 11) is 0. The van der Waals surface area contributed by atoms with Gasteiger partial charge < -0.3 is 21.1 Å². The van der Waals surface area contributed by atoms with Crippen LogP contribution in [0.5, 0.6) is 5.75 Å². The lowest BCUT2D eigenvalue weighted by molar-refractivity contribution is 0.331. The molecule has 1 aliphatic heterocycles. The highest BCUT2D eigenvalue weighted by molar-refractivity contribution is 5.70. The fourth-order valence-corrected chi connectivity index (χ4v) is 2.30. The molecule has 0 fully saturated rings. The van der Waals surface area contributed by atoms with Crippen LogP contribution in [0, 0.1) is 0 Å². The largest absolute Gasteiger partial charge is 0.491 e. The van der Waals surface area contributed by atoms with Crippen LogP contribution in [0.15, 0.2) is 42.5 Å². The minimum Gasteiger partial charge on any atom is -0.491 e. The number of para-hydroxylation sites is 1. The van der Waals surface area contributed by atoms with Gasteiger partial charge in [0.05, 0.1) is 17.9 Å². The molecule has 0 radical (unpaired) electrons. The first-order chi connectivity index (χ1) is 9.24. The van der Waals surface area contributed by atoms with E-state index < -0.39 is 0 Å². The van der Waals surface area contributed by atoms with Crippen molar-refractivity contribution in [3.63, 3.8) is 0 Å². The Bertz CT molecular complexity index is 598. The number of anilines is 3. The minimum absolute atomic E-state index is 0.621. The Balaban J connectivity index is 1.92. The predicted octanol–water partition coefficient (Wildman–Crippen LogP) is 2.25. The Morgan fingerprint density at radius 3 is 2.68 bits per heavy atom. The van der Waals surface area contributed by atoms with Crippen molar-refractivity contribution in [2.24, 2.45) is 0 Å². The molecule has 0 aromatic heterocycles. The van der Waals surface area contributed by atoms with Gasteiger partial charge in [-0.3, -0.25) is 0 Å². The van der Waals surface area contributed by atoms with E-state index in [0.29, 0.717) is 18.0 Å². The van der Waals surface area contributed by atoms with Gasteiger partial charge in [-0.2, -0.15) is 0 Å². The van der Waals surface area contributed by atoms with Gasteiger partial charge in [0.15, 0.2) is 0 Å². The van der Waals surface area contributed by atoms with E-state index in [2.05, 4.69) is 11.0 Å². The zero-order valence-corrected chi connectivity index (χ0v) is 10.7. The monoisotopic (exact) mass is 255 g/mol. The van der Waals surface area contributed by atoms with Crippen LogP contribution in [0.3, 0.4) is 0 Å². The summed E-state index contributed by atoms with van der Waals surface area (Å²) in [6.07, 6.45) is 0. The summed E-state index contributed by atoms with van der Waals surface area (Å²) in [6.45, 7) is 2.32. The van der Waals surface area contributed by atoms with Crippen molar-refractivity contribution in [1.29, 1.82) is 0 Å². The van der Waals surface area contributed by atoms with E-state index in [-0.39, 0.29) is 0 Å². The molecule has 2 aromatic rings. The molecule has 0 aliphatic carbocycles. The predicted molar refractivity (Wildman–Crippen MR) is 78.3 cm³/mol. The molecular formula is C15H17N3O. The number of ether oxygens (including phenoxy) is 1. The maximum atomic E-state index is 5.88. The Hall–Kier alpha value is -2.36. The average Bonchev–Trinajstić information content (AvgIpc) is 2.64. The number of nitrogens with two attached hydrogens (primary N) is 2. The van der Waals surface area contributed by atoms with Crippen LogP contribution in [0.25, 0.3) is 0 Å². The molecular weight excluding hydrogens is 238 g/mol. The molecule has 0 spiro atoms. The third-order valence-corrected chi connectivity index (χ3v) is 3.39. The fourth-order valence-electron chi connectivity index (χ4n) is 2.30. The summed E-state index contributed by atoms with van der Waals surface area (Å²) < 4.78 is 5.76. The quantitative estimate of drug-likeness (QED) is 0.767. The SMILES string of the molecule is Nc1ccc(N2CCOc3ccccc3C2)cc1N. The van der Waals surface area contributed by atoms with Gasteiger partial charge in [-0.05, 0) is 24.3 Å². The van der Waals surface area contributed by atoms with Crippen molar-refractivity contribution in [3.05, 3.63) is 48.0 Å². The van der Waals surface area contributed by atoms with Gasteiger partial charge in [0, 0.05) is 17.8 Å². The van der Waals surface area contributed by atoms with Crippen LogP contribution in [-0.2, 0) is 6.54 Å². The third kappa shape index (κ3) is 2.29. The van der Waals surface area contributed by atoms with Gasteiger partial charge in [0.2, 0.25) is 0 Å². The lowest BCUT2D eigenvalue weighted by atomic mass is 10.1. The summed E-state index contributed by atoms with van der Waals surface area (Å²) in [4.78, 5) is 2.25. The second-order valence-electron chi connectivity index (χ2n) is 4.69. The van der Waals surface area contributed by atoms with Crippen molar-refractivity contribution >= 4 is 17.1 Å². The molecule has 0 amide bonds. The number of hydrogen-bond donors (Lipinski definition) is 2. The van der Waals surface area contributed by atoms with E-state index >= 15 is 0 Å². The van der Waals surface area contributed by atoms with Gasteiger partial charge >= 0.3 is 0 Å². The van der Waals surface area contributed by atoms with Crippen molar-refractivity contribution < 1.29 is 4.74 Å². The number of nitrogens with zero attached hydrogens (tertiary/aromatic N) is 1. The van der Waals surface area contributed by atoms with Crippen LogP contribution in [0.1, 0.15) is 5.56 Å². The summed E-state index contributed by atoms with van der Waals surface area (Å²) in [5.41, 5.74) is 15.1. The molecule has 2 aromatic carbocycles. The minimum atomic E-state index is 0.621. The van der Waals surface area contributed by atoms with Crippen LogP contribution in [0.4, 0.5) is 17.1 Å². The van der Waals surface area contributed by atoms with Crippen molar-refractivity contribution in [3.8, 4) is 5.75 Å². The van der Waals surface area contributed by atoms with Crippen LogP contribution in [-0.4, -0.2) is 13.2 Å². The van der Waals surface area contributed by atoms with Crippen molar-refractivity contribution in [2.45, 2.75) is 6.54 Å². The van der Waals surface area contributed by atoms with Crippen LogP contribution >= 0.6 is 0 Å². The van der Waals surface area contributed by atoms with Gasteiger partial charge in [-0.25, -0.2) is 0 Å². The summed E-state index contributed by atoms with van der Waals surface area (Å²) in [6, 6.07) is 13.9.